The fraction of sp³-hybridized carbons (Fsp3) is 0.440. The van der Waals surface area contributed by atoms with Crippen molar-refractivity contribution < 1.29 is 23.1 Å². The zero-order valence-electron chi connectivity index (χ0n) is 18.7. The smallest absolute Gasteiger partial charge is 0.475 e. The van der Waals surface area contributed by atoms with Crippen molar-refractivity contribution in [3.8, 4) is 11.1 Å². The molecule has 0 aliphatic heterocycles. The van der Waals surface area contributed by atoms with Gasteiger partial charge in [-0.3, -0.25) is 0 Å². The fourth-order valence-electron chi connectivity index (χ4n) is 4.28. The number of hydrogen-bond donors (Lipinski definition) is 3. The number of fused-ring (bicyclic) bond motifs is 1. The van der Waals surface area contributed by atoms with E-state index in [-0.39, 0.29) is 0 Å². The number of aromatic amines is 1. The summed E-state index contributed by atoms with van der Waals surface area (Å²) in [5.41, 5.74) is 7.29. The Kier molecular flexibility index (Phi) is 8.49. The molecule has 0 bridgehead atoms. The highest BCUT2D eigenvalue weighted by Gasteiger charge is 2.38. The Balaban J connectivity index is 0.000000383. The monoisotopic (exact) mass is 461 g/mol. The van der Waals surface area contributed by atoms with Crippen molar-refractivity contribution in [1.82, 2.24) is 15.3 Å². The van der Waals surface area contributed by atoms with Crippen LogP contribution in [-0.2, 0) is 11.3 Å². The van der Waals surface area contributed by atoms with Crippen LogP contribution in [0.4, 0.5) is 13.2 Å². The zero-order chi connectivity index (χ0) is 23.8. The van der Waals surface area contributed by atoms with Crippen molar-refractivity contribution in [1.29, 1.82) is 0 Å². The van der Waals surface area contributed by atoms with Crippen molar-refractivity contribution >= 4 is 17.0 Å². The molecule has 1 aliphatic rings. The summed E-state index contributed by atoms with van der Waals surface area (Å²) >= 11 is 0. The number of aryl methyl sites for hydroxylation is 1. The third-order valence-electron chi connectivity index (χ3n) is 6.14. The molecular formula is C25H30F3N3O2. The molecular weight excluding hydrogens is 431 g/mol. The molecule has 8 heteroatoms. The minimum Gasteiger partial charge on any atom is -0.475 e. The maximum atomic E-state index is 10.6. The molecule has 1 aliphatic carbocycles. The largest absolute Gasteiger partial charge is 0.490 e. The number of aromatic nitrogens is 2. The summed E-state index contributed by atoms with van der Waals surface area (Å²) < 4.78 is 31.7. The lowest BCUT2D eigenvalue weighted by molar-refractivity contribution is -0.192. The molecule has 178 valence electrons. The predicted molar refractivity (Wildman–Crippen MR) is 123 cm³/mol. The molecule has 1 aromatic heterocycles. The van der Waals surface area contributed by atoms with Crippen molar-refractivity contribution in [2.24, 2.45) is 5.92 Å². The minimum absolute atomic E-state index is 0.957. The third-order valence-corrected chi connectivity index (χ3v) is 6.14. The summed E-state index contributed by atoms with van der Waals surface area (Å²) in [5.74, 6) is -1.80. The number of nitrogens with one attached hydrogen (secondary N) is 2. The van der Waals surface area contributed by atoms with Crippen LogP contribution in [0, 0.1) is 12.8 Å². The third kappa shape index (κ3) is 7.05. The fourth-order valence-corrected chi connectivity index (χ4v) is 4.28. The lowest BCUT2D eigenvalue weighted by Crippen LogP contribution is -2.21. The van der Waals surface area contributed by atoms with Gasteiger partial charge in [-0.05, 0) is 54.1 Å². The van der Waals surface area contributed by atoms with Crippen LogP contribution in [0.5, 0.6) is 0 Å². The SMILES string of the molecule is Cc1c(-c2ccc(CNCCC3CCCCC3)cc2)ccc2[nH]cnc12.O=C(O)C(F)(F)F. The Morgan fingerprint density at radius 2 is 1.79 bits per heavy atom. The quantitative estimate of drug-likeness (QED) is 0.380. The molecule has 1 heterocycles. The van der Waals surface area contributed by atoms with Crippen molar-refractivity contribution in [2.75, 3.05) is 6.54 Å². The molecule has 4 rings (SSSR count). The lowest BCUT2D eigenvalue weighted by Gasteiger charge is -2.21. The molecule has 1 fully saturated rings. The number of carbonyl (C=O) groups is 1. The van der Waals surface area contributed by atoms with E-state index in [1.54, 1.807) is 6.33 Å². The standard InChI is InChI=1S/C23H29N3.C2HF3O2/c1-17-21(11-12-22-23(17)26-16-25-22)20-9-7-19(8-10-20)15-24-14-13-18-5-3-2-4-6-18;3-2(4,5)1(6)7/h7-12,16,18,24H,2-6,13-15H2,1H3,(H,25,26);(H,6,7). The van der Waals surface area contributed by atoms with Gasteiger partial charge >= 0.3 is 12.1 Å². The van der Waals surface area contributed by atoms with E-state index >= 15 is 0 Å². The summed E-state index contributed by atoms with van der Waals surface area (Å²) in [6.07, 6.45) is 5.23. The summed E-state index contributed by atoms with van der Waals surface area (Å²) in [7, 11) is 0. The highest BCUT2D eigenvalue weighted by molar-refractivity contribution is 5.86. The average Bonchev–Trinajstić information content (AvgIpc) is 3.28. The first-order valence-corrected chi connectivity index (χ1v) is 11.3. The van der Waals surface area contributed by atoms with Crippen LogP contribution in [0.15, 0.2) is 42.7 Å². The van der Waals surface area contributed by atoms with Gasteiger partial charge in [0.1, 0.15) is 0 Å². The summed E-state index contributed by atoms with van der Waals surface area (Å²) in [4.78, 5) is 16.5. The molecule has 0 amide bonds. The highest BCUT2D eigenvalue weighted by Crippen LogP contribution is 2.28. The number of imidazole rings is 1. The highest BCUT2D eigenvalue weighted by atomic mass is 19.4. The van der Waals surface area contributed by atoms with Gasteiger partial charge in [-0.1, -0.05) is 62.4 Å². The second-order valence-corrected chi connectivity index (χ2v) is 8.51. The van der Waals surface area contributed by atoms with E-state index in [1.165, 1.54) is 60.8 Å². The summed E-state index contributed by atoms with van der Waals surface area (Å²) in [5, 5.41) is 10.8. The number of H-pyrrole nitrogens is 1. The Bertz CT molecular complexity index is 1040. The van der Waals surface area contributed by atoms with E-state index in [4.69, 9.17) is 9.90 Å². The number of nitrogens with zero attached hydrogens (tertiary/aromatic N) is 1. The lowest BCUT2D eigenvalue weighted by atomic mass is 9.87. The molecule has 33 heavy (non-hydrogen) atoms. The molecule has 3 N–H and O–H groups in total. The Morgan fingerprint density at radius 1 is 1.12 bits per heavy atom. The normalized spacial score (nSPS) is 14.7. The predicted octanol–water partition coefficient (Wildman–Crippen LogP) is 6.23. The van der Waals surface area contributed by atoms with E-state index < -0.39 is 12.1 Å². The number of rotatable bonds is 6. The maximum Gasteiger partial charge on any atom is 0.490 e. The topological polar surface area (TPSA) is 78.0 Å². The van der Waals surface area contributed by atoms with Crippen LogP contribution in [-0.4, -0.2) is 33.8 Å². The van der Waals surface area contributed by atoms with Gasteiger partial charge in [0.25, 0.3) is 0 Å². The second kappa shape index (κ2) is 11.3. The van der Waals surface area contributed by atoms with Crippen molar-refractivity contribution in [3.63, 3.8) is 0 Å². The van der Waals surface area contributed by atoms with E-state index in [0.29, 0.717) is 0 Å². The van der Waals surface area contributed by atoms with Crippen LogP contribution in [0.25, 0.3) is 22.2 Å². The zero-order valence-corrected chi connectivity index (χ0v) is 18.7. The second-order valence-electron chi connectivity index (χ2n) is 8.51. The van der Waals surface area contributed by atoms with Gasteiger partial charge in [-0.25, -0.2) is 9.78 Å². The molecule has 1 saturated carbocycles. The summed E-state index contributed by atoms with van der Waals surface area (Å²) in [6.45, 7) is 4.25. The molecule has 0 radical (unpaired) electrons. The first kappa shape index (κ1) is 24.8. The van der Waals surface area contributed by atoms with Crippen LogP contribution in [0.2, 0.25) is 0 Å². The molecule has 5 nitrogen and oxygen atoms in total. The van der Waals surface area contributed by atoms with E-state index in [2.05, 4.69) is 58.6 Å². The van der Waals surface area contributed by atoms with E-state index in [1.807, 2.05) is 0 Å². The number of aliphatic carboxylic acids is 1. The molecule has 2 aromatic carbocycles. The van der Waals surface area contributed by atoms with Gasteiger partial charge in [0.05, 0.1) is 17.4 Å². The number of carboxylic acids is 1. The average molecular weight is 462 g/mol. The number of alkyl halides is 3. The van der Waals surface area contributed by atoms with Gasteiger partial charge in [-0.15, -0.1) is 0 Å². The van der Waals surface area contributed by atoms with E-state index in [0.717, 1.165) is 30.0 Å². The molecule has 3 aromatic rings. The Labute approximate surface area is 191 Å². The molecule has 0 spiro atoms. The van der Waals surface area contributed by atoms with Gasteiger partial charge in [0, 0.05) is 6.54 Å². The first-order chi connectivity index (χ1) is 15.8. The van der Waals surface area contributed by atoms with Gasteiger partial charge in [0.2, 0.25) is 0 Å². The molecule has 0 saturated heterocycles. The first-order valence-electron chi connectivity index (χ1n) is 11.3. The number of halogens is 3. The number of hydrogen-bond acceptors (Lipinski definition) is 3. The van der Waals surface area contributed by atoms with E-state index in [9.17, 15) is 13.2 Å². The van der Waals surface area contributed by atoms with Gasteiger partial charge in [-0.2, -0.15) is 13.2 Å². The van der Waals surface area contributed by atoms with Gasteiger partial charge < -0.3 is 15.4 Å². The van der Waals surface area contributed by atoms with Crippen LogP contribution < -0.4 is 5.32 Å². The van der Waals surface area contributed by atoms with Crippen LogP contribution in [0.1, 0.15) is 49.7 Å². The van der Waals surface area contributed by atoms with Crippen molar-refractivity contribution in [2.45, 2.75) is 58.2 Å². The van der Waals surface area contributed by atoms with Crippen LogP contribution in [0.3, 0.4) is 0 Å². The molecule has 0 atom stereocenters. The minimum atomic E-state index is -5.08. The number of carboxylic acid groups (broad SMARTS) is 1. The Morgan fingerprint density at radius 3 is 2.42 bits per heavy atom. The van der Waals surface area contributed by atoms with Crippen LogP contribution >= 0.6 is 0 Å². The molecule has 0 unspecified atom stereocenters. The van der Waals surface area contributed by atoms with Gasteiger partial charge in [0.15, 0.2) is 0 Å². The van der Waals surface area contributed by atoms with Crippen molar-refractivity contribution in [3.05, 3.63) is 53.9 Å². The Hall–Kier alpha value is -2.87. The number of benzene rings is 2. The summed E-state index contributed by atoms with van der Waals surface area (Å²) in [6, 6.07) is 13.3. The maximum absolute atomic E-state index is 10.6.